The number of thiophene rings is 1. The minimum absolute atomic E-state index is 0.531. The summed E-state index contributed by atoms with van der Waals surface area (Å²) in [5.74, 6) is 3.18. The Morgan fingerprint density at radius 1 is 0.472 bits per heavy atom. The van der Waals surface area contributed by atoms with Crippen LogP contribution in [-0.4, -0.2) is 15.0 Å². The van der Waals surface area contributed by atoms with Crippen LogP contribution < -0.4 is 4.74 Å². The van der Waals surface area contributed by atoms with Crippen LogP contribution in [-0.2, 0) is 5.41 Å². The Morgan fingerprint density at radius 2 is 1.02 bits per heavy atom. The summed E-state index contributed by atoms with van der Waals surface area (Å²) in [6.45, 7) is 7.45. The fourth-order valence-corrected chi connectivity index (χ4v) is 8.75. The molecule has 1 aliphatic heterocycles. The molecule has 0 bridgehead atoms. The Bertz CT molecular complexity index is 2840. The number of ether oxygens (including phenoxy) is 1. The average molecular weight is 697 g/mol. The molecule has 0 spiro atoms. The lowest BCUT2D eigenvalue weighted by Gasteiger charge is -2.41. The molecule has 9 aromatic rings. The molecule has 53 heavy (non-hydrogen) atoms. The van der Waals surface area contributed by atoms with Crippen LogP contribution in [0.5, 0.6) is 11.5 Å². The van der Waals surface area contributed by atoms with E-state index in [2.05, 4.69) is 138 Å². The SMILES string of the molecule is [C-]#[N+]c1ccc(-c2nc(-c3ccc4c(c3)Oc3ccccc3C4(c3ccccc3)c3ccccc3)nc(-c3ccc4sc5ccccc5c4c3)n2)cc1. The third-order valence-electron chi connectivity index (χ3n) is 10.1. The molecule has 248 valence electrons. The van der Waals surface area contributed by atoms with Crippen molar-refractivity contribution in [1.29, 1.82) is 0 Å². The molecule has 3 heterocycles. The summed E-state index contributed by atoms with van der Waals surface area (Å²) in [5, 5.41) is 2.39. The first-order valence-electron chi connectivity index (χ1n) is 17.4. The molecule has 0 amide bonds. The minimum Gasteiger partial charge on any atom is -0.457 e. The molecule has 0 fully saturated rings. The van der Waals surface area contributed by atoms with Gasteiger partial charge >= 0.3 is 0 Å². The van der Waals surface area contributed by atoms with Crippen LogP contribution in [0.25, 0.3) is 59.2 Å². The highest BCUT2D eigenvalue weighted by molar-refractivity contribution is 7.25. The average Bonchev–Trinajstić information content (AvgIpc) is 3.61. The van der Waals surface area contributed by atoms with E-state index in [1.165, 1.54) is 20.2 Å². The zero-order chi connectivity index (χ0) is 35.4. The van der Waals surface area contributed by atoms with Gasteiger partial charge in [0, 0.05) is 48.0 Å². The zero-order valence-corrected chi connectivity index (χ0v) is 29.1. The normalized spacial score (nSPS) is 12.8. The van der Waals surface area contributed by atoms with Gasteiger partial charge in [-0.3, -0.25) is 0 Å². The predicted molar refractivity (Wildman–Crippen MR) is 214 cm³/mol. The second-order valence-electron chi connectivity index (χ2n) is 13.1. The lowest BCUT2D eigenvalue weighted by Crippen LogP contribution is -2.34. The quantitative estimate of drug-likeness (QED) is 0.168. The first-order valence-corrected chi connectivity index (χ1v) is 18.2. The fraction of sp³-hybridized carbons (Fsp3) is 0.0213. The van der Waals surface area contributed by atoms with E-state index in [1.807, 2.05) is 24.3 Å². The van der Waals surface area contributed by atoms with Crippen molar-refractivity contribution in [2.45, 2.75) is 5.41 Å². The van der Waals surface area contributed by atoms with Crippen molar-refractivity contribution in [3.05, 3.63) is 204 Å². The molecule has 0 radical (unpaired) electrons. The molecule has 1 aliphatic rings. The summed E-state index contributed by atoms with van der Waals surface area (Å²) in [6.07, 6.45) is 0. The number of benzene rings is 7. The Labute approximate surface area is 310 Å². The van der Waals surface area contributed by atoms with Gasteiger partial charge in [0.15, 0.2) is 23.2 Å². The van der Waals surface area contributed by atoms with E-state index in [4.69, 9.17) is 26.3 Å². The van der Waals surface area contributed by atoms with E-state index in [0.717, 1.165) is 50.4 Å². The largest absolute Gasteiger partial charge is 0.457 e. The van der Waals surface area contributed by atoms with E-state index in [1.54, 1.807) is 23.5 Å². The molecule has 0 aliphatic carbocycles. The predicted octanol–water partition coefficient (Wildman–Crippen LogP) is 12.3. The lowest BCUT2D eigenvalue weighted by atomic mass is 9.63. The van der Waals surface area contributed by atoms with Gasteiger partial charge in [-0.1, -0.05) is 133 Å². The van der Waals surface area contributed by atoms with Crippen LogP contribution in [0.15, 0.2) is 170 Å². The number of hydrogen-bond acceptors (Lipinski definition) is 5. The van der Waals surface area contributed by atoms with Crippen LogP contribution in [0.2, 0.25) is 0 Å². The molecule has 0 atom stereocenters. The van der Waals surface area contributed by atoms with Gasteiger partial charge in [0.25, 0.3) is 0 Å². The molecule has 2 aromatic heterocycles. The van der Waals surface area contributed by atoms with E-state index in [9.17, 15) is 0 Å². The molecule has 10 rings (SSSR count). The molecule has 0 unspecified atom stereocenters. The molecule has 0 N–H and O–H groups in total. The second-order valence-corrected chi connectivity index (χ2v) is 14.1. The van der Waals surface area contributed by atoms with Gasteiger partial charge in [0.1, 0.15) is 11.5 Å². The molecule has 5 nitrogen and oxygen atoms in total. The lowest BCUT2D eigenvalue weighted by molar-refractivity contribution is 0.434. The van der Waals surface area contributed by atoms with Crippen molar-refractivity contribution < 1.29 is 4.74 Å². The molecular formula is C47H28N4OS. The highest BCUT2D eigenvalue weighted by Crippen LogP contribution is 2.55. The molecule has 0 saturated carbocycles. The first kappa shape index (κ1) is 30.8. The van der Waals surface area contributed by atoms with Gasteiger partial charge in [-0.15, -0.1) is 11.3 Å². The van der Waals surface area contributed by atoms with Crippen LogP contribution >= 0.6 is 11.3 Å². The second kappa shape index (κ2) is 12.4. The number of para-hydroxylation sites is 1. The van der Waals surface area contributed by atoms with E-state index < -0.39 is 5.41 Å². The van der Waals surface area contributed by atoms with Crippen LogP contribution in [0.4, 0.5) is 5.69 Å². The summed E-state index contributed by atoms with van der Waals surface area (Å²) >= 11 is 1.78. The van der Waals surface area contributed by atoms with E-state index in [-0.39, 0.29) is 0 Å². The van der Waals surface area contributed by atoms with E-state index >= 15 is 0 Å². The highest BCUT2D eigenvalue weighted by Gasteiger charge is 2.45. The summed E-state index contributed by atoms with van der Waals surface area (Å²) in [5.41, 5.74) is 6.88. The van der Waals surface area contributed by atoms with Crippen molar-refractivity contribution in [2.24, 2.45) is 0 Å². The maximum Gasteiger partial charge on any atom is 0.187 e. The molecule has 6 heteroatoms. The van der Waals surface area contributed by atoms with Crippen molar-refractivity contribution in [3.63, 3.8) is 0 Å². The van der Waals surface area contributed by atoms with Gasteiger partial charge in [-0.2, -0.15) is 0 Å². The van der Waals surface area contributed by atoms with E-state index in [0.29, 0.717) is 23.2 Å². The molecule has 7 aromatic carbocycles. The van der Waals surface area contributed by atoms with Crippen molar-refractivity contribution >= 4 is 37.2 Å². The maximum atomic E-state index is 7.45. The van der Waals surface area contributed by atoms with Gasteiger partial charge in [-0.05, 0) is 47.5 Å². The standard InChI is InChI=1S/C47H28N4OS/c1-48-35-24-20-30(21-25-35)44-49-45(31-23-27-43-37(28-31)36-16-8-11-19-42(36)53-43)51-46(50-44)32-22-26-39-41(29-32)52-40-18-10-9-17-38(40)47(39,33-12-4-2-5-13-33)34-14-6-3-7-15-34/h2-29H. The van der Waals surface area contributed by atoms with Crippen LogP contribution in [0.1, 0.15) is 22.3 Å². The van der Waals surface area contributed by atoms with Gasteiger partial charge < -0.3 is 4.74 Å². The Kier molecular flexibility index (Phi) is 7.21. The maximum absolute atomic E-state index is 7.45. The third-order valence-corrected chi connectivity index (χ3v) is 11.2. The summed E-state index contributed by atoms with van der Waals surface area (Å²) in [4.78, 5) is 18.8. The fourth-order valence-electron chi connectivity index (χ4n) is 7.66. The number of nitrogens with zero attached hydrogens (tertiary/aromatic N) is 4. The van der Waals surface area contributed by atoms with Gasteiger partial charge in [0.2, 0.25) is 0 Å². The number of fused-ring (bicyclic) bond motifs is 5. The zero-order valence-electron chi connectivity index (χ0n) is 28.3. The van der Waals surface area contributed by atoms with Crippen LogP contribution in [0, 0.1) is 6.57 Å². The molecule has 0 saturated heterocycles. The van der Waals surface area contributed by atoms with Crippen molar-refractivity contribution in [1.82, 2.24) is 15.0 Å². The third kappa shape index (κ3) is 5.02. The topological polar surface area (TPSA) is 52.3 Å². The van der Waals surface area contributed by atoms with Crippen molar-refractivity contribution in [3.8, 4) is 45.7 Å². The minimum atomic E-state index is -0.621. The molecular weight excluding hydrogens is 669 g/mol. The summed E-state index contributed by atoms with van der Waals surface area (Å²) in [6, 6.07) is 58.2. The highest BCUT2D eigenvalue weighted by atomic mass is 32.1. The Morgan fingerprint density at radius 3 is 1.74 bits per heavy atom. The van der Waals surface area contributed by atoms with Crippen molar-refractivity contribution in [2.75, 3.05) is 0 Å². The van der Waals surface area contributed by atoms with Gasteiger partial charge in [-0.25, -0.2) is 19.8 Å². The first-order chi connectivity index (χ1) is 26.2. The van der Waals surface area contributed by atoms with Crippen LogP contribution in [0.3, 0.4) is 0 Å². The monoisotopic (exact) mass is 696 g/mol. The smallest absolute Gasteiger partial charge is 0.187 e. The Balaban J connectivity index is 1.19. The number of rotatable bonds is 5. The number of aromatic nitrogens is 3. The number of hydrogen-bond donors (Lipinski definition) is 0. The van der Waals surface area contributed by atoms with Gasteiger partial charge in [0.05, 0.1) is 12.0 Å². The Hall–Kier alpha value is -6.94. The summed E-state index contributed by atoms with van der Waals surface area (Å²) in [7, 11) is 0. The summed E-state index contributed by atoms with van der Waals surface area (Å²) < 4.78 is 9.23.